The Morgan fingerprint density at radius 2 is 2.08 bits per heavy atom. The van der Waals surface area contributed by atoms with Gasteiger partial charge in [-0.15, -0.1) is 5.10 Å². The van der Waals surface area contributed by atoms with Crippen molar-refractivity contribution in [2.45, 2.75) is 44.8 Å². The second kappa shape index (κ2) is 6.92. The molecule has 1 aliphatic rings. The molecule has 1 amide bonds. The summed E-state index contributed by atoms with van der Waals surface area (Å²) in [6.45, 7) is 4.70. The molecule has 0 radical (unpaired) electrons. The van der Waals surface area contributed by atoms with E-state index in [-0.39, 0.29) is 24.3 Å². The van der Waals surface area contributed by atoms with Crippen LogP contribution < -0.4 is 0 Å². The number of benzene rings is 1. The molecule has 3 rings (SSSR count). The largest absolute Gasteiger partial charge is 0.381 e. The maximum absolute atomic E-state index is 12.9. The number of hydrogen-bond donors (Lipinski definition) is 1. The van der Waals surface area contributed by atoms with Crippen molar-refractivity contribution >= 4 is 5.91 Å². The number of aliphatic hydroxyl groups is 1. The van der Waals surface area contributed by atoms with E-state index in [1.54, 1.807) is 27.9 Å². The summed E-state index contributed by atoms with van der Waals surface area (Å²) < 4.78 is 14.6. The van der Waals surface area contributed by atoms with Gasteiger partial charge in [-0.05, 0) is 38.0 Å². The Labute approximate surface area is 146 Å². The molecule has 0 saturated carbocycles. The first-order chi connectivity index (χ1) is 11.9. The molecule has 1 atom stereocenters. The van der Waals surface area contributed by atoms with E-state index in [9.17, 15) is 14.3 Å². The quantitative estimate of drug-likeness (QED) is 0.899. The zero-order valence-corrected chi connectivity index (χ0v) is 14.5. The van der Waals surface area contributed by atoms with E-state index in [1.165, 1.54) is 12.1 Å². The Hall–Kier alpha value is -2.28. The monoisotopic (exact) mass is 346 g/mol. The van der Waals surface area contributed by atoms with Gasteiger partial charge in [0.15, 0.2) is 0 Å². The van der Waals surface area contributed by atoms with E-state index in [2.05, 4.69) is 10.3 Å². The molecule has 1 fully saturated rings. The van der Waals surface area contributed by atoms with E-state index >= 15 is 0 Å². The first-order valence-electron chi connectivity index (χ1n) is 8.54. The lowest BCUT2D eigenvalue weighted by molar-refractivity contribution is -0.131. The summed E-state index contributed by atoms with van der Waals surface area (Å²) >= 11 is 0. The third kappa shape index (κ3) is 3.87. The average Bonchev–Trinajstić information content (AvgIpc) is 3.22. The second-order valence-electron chi connectivity index (χ2n) is 6.90. The number of nitrogens with zero attached hydrogens (tertiary/aromatic N) is 4. The number of aromatic nitrogens is 3. The molecule has 1 aromatic carbocycles. The van der Waals surface area contributed by atoms with Crippen molar-refractivity contribution in [2.24, 2.45) is 0 Å². The van der Waals surface area contributed by atoms with Crippen molar-refractivity contribution in [1.82, 2.24) is 19.9 Å². The number of amides is 1. The van der Waals surface area contributed by atoms with Gasteiger partial charge >= 0.3 is 0 Å². The minimum atomic E-state index is -1.14. The second-order valence-corrected chi connectivity index (χ2v) is 6.90. The Morgan fingerprint density at radius 1 is 1.36 bits per heavy atom. The van der Waals surface area contributed by atoms with Crippen molar-refractivity contribution in [2.75, 3.05) is 13.1 Å². The standard InChI is InChI=1S/C18H23FN4O2/c1-13(2)23-11-16(20-21-23)18(25)9-10-22(12-18)17(24)8-5-14-3-6-15(19)7-4-14/h3-4,6-7,11,13,25H,5,8-10,12H2,1-2H3/t18-/m1/s1. The minimum Gasteiger partial charge on any atom is -0.381 e. The van der Waals surface area contributed by atoms with Gasteiger partial charge in [-0.1, -0.05) is 17.3 Å². The molecule has 1 N–H and O–H groups in total. The van der Waals surface area contributed by atoms with Crippen LogP contribution >= 0.6 is 0 Å². The fraction of sp³-hybridized carbons (Fsp3) is 0.500. The van der Waals surface area contributed by atoms with Crippen LogP contribution in [0.4, 0.5) is 4.39 Å². The SMILES string of the molecule is CC(C)n1cc([C@@]2(O)CCN(C(=O)CCc3ccc(F)cc3)C2)nn1. The highest BCUT2D eigenvalue weighted by Gasteiger charge is 2.41. The van der Waals surface area contributed by atoms with Crippen LogP contribution in [0.3, 0.4) is 0 Å². The van der Waals surface area contributed by atoms with Gasteiger partial charge in [0.1, 0.15) is 17.1 Å². The van der Waals surface area contributed by atoms with Gasteiger partial charge in [0.25, 0.3) is 0 Å². The highest BCUT2D eigenvalue weighted by atomic mass is 19.1. The molecule has 1 aliphatic heterocycles. The molecule has 6 nitrogen and oxygen atoms in total. The highest BCUT2D eigenvalue weighted by molar-refractivity contribution is 5.77. The number of aryl methyl sites for hydroxylation is 1. The van der Waals surface area contributed by atoms with Crippen LogP contribution in [-0.4, -0.2) is 44.0 Å². The summed E-state index contributed by atoms with van der Waals surface area (Å²) in [6, 6.07) is 6.33. The highest BCUT2D eigenvalue weighted by Crippen LogP contribution is 2.31. The molecule has 0 aliphatic carbocycles. The number of likely N-dealkylation sites (tertiary alicyclic amines) is 1. The molecule has 7 heteroatoms. The van der Waals surface area contributed by atoms with Gasteiger partial charge in [0, 0.05) is 25.4 Å². The Bertz CT molecular complexity index is 744. The van der Waals surface area contributed by atoms with Gasteiger partial charge < -0.3 is 10.0 Å². The molecule has 134 valence electrons. The van der Waals surface area contributed by atoms with Gasteiger partial charge in [-0.25, -0.2) is 9.07 Å². The zero-order valence-electron chi connectivity index (χ0n) is 14.5. The summed E-state index contributed by atoms with van der Waals surface area (Å²) in [5, 5.41) is 18.9. The number of rotatable bonds is 5. The average molecular weight is 346 g/mol. The maximum atomic E-state index is 12.9. The number of hydrogen-bond acceptors (Lipinski definition) is 4. The molecular weight excluding hydrogens is 323 g/mol. The maximum Gasteiger partial charge on any atom is 0.223 e. The van der Waals surface area contributed by atoms with Crippen LogP contribution in [0.1, 0.15) is 44.0 Å². The minimum absolute atomic E-state index is 0.0171. The van der Waals surface area contributed by atoms with Crippen LogP contribution in [0, 0.1) is 5.82 Å². The van der Waals surface area contributed by atoms with Gasteiger partial charge in [-0.2, -0.15) is 0 Å². The van der Waals surface area contributed by atoms with Crippen LogP contribution in [0.2, 0.25) is 0 Å². The van der Waals surface area contributed by atoms with Crippen LogP contribution in [0.15, 0.2) is 30.5 Å². The van der Waals surface area contributed by atoms with E-state index in [4.69, 9.17) is 0 Å². The zero-order chi connectivity index (χ0) is 18.0. The van der Waals surface area contributed by atoms with Crippen molar-refractivity contribution in [1.29, 1.82) is 0 Å². The Kier molecular flexibility index (Phi) is 4.85. The molecule has 2 heterocycles. The molecule has 25 heavy (non-hydrogen) atoms. The molecule has 0 spiro atoms. The summed E-state index contributed by atoms with van der Waals surface area (Å²) in [5.74, 6) is -0.300. The predicted octanol–water partition coefficient (Wildman–Crippen LogP) is 2.05. The van der Waals surface area contributed by atoms with Crippen LogP contribution in [0.25, 0.3) is 0 Å². The van der Waals surface area contributed by atoms with Gasteiger partial charge in [0.05, 0.1) is 12.7 Å². The normalized spacial score (nSPS) is 20.4. The van der Waals surface area contributed by atoms with Crippen molar-refractivity contribution in [3.8, 4) is 0 Å². The topological polar surface area (TPSA) is 71.2 Å². The van der Waals surface area contributed by atoms with Crippen molar-refractivity contribution in [3.05, 3.63) is 47.5 Å². The predicted molar refractivity (Wildman–Crippen MR) is 90.2 cm³/mol. The fourth-order valence-corrected chi connectivity index (χ4v) is 3.02. The number of carbonyl (C=O) groups excluding carboxylic acids is 1. The molecule has 2 aromatic rings. The summed E-state index contributed by atoms with van der Waals surface area (Å²) in [5.41, 5.74) is 0.290. The molecule has 1 aromatic heterocycles. The lowest BCUT2D eigenvalue weighted by Crippen LogP contribution is -2.34. The third-order valence-corrected chi connectivity index (χ3v) is 4.66. The Balaban J connectivity index is 1.59. The van der Waals surface area contributed by atoms with Gasteiger partial charge in [0.2, 0.25) is 5.91 Å². The number of carbonyl (C=O) groups is 1. The summed E-state index contributed by atoms with van der Waals surface area (Å²) in [6.07, 6.45) is 3.08. The lowest BCUT2D eigenvalue weighted by Gasteiger charge is -2.21. The van der Waals surface area contributed by atoms with E-state index < -0.39 is 5.60 Å². The molecular formula is C18H23FN4O2. The number of β-amino-alcohol motifs (C(OH)–C–C–N with tert-alkyl or cyclic N) is 1. The fourth-order valence-electron chi connectivity index (χ4n) is 3.02. The first kappa shape index (κ1) is 17.5. The molecule has 0 unspecified atom stereocenters. The van der Waals surface area contributed by atoms with E-state index in [0.717, 1.165) is 5.56 Å². The Morgan fingerprint density at radius 3 is 2.72 bits per heavy atom. The van der Waals surface area contributed by atoms with Crippen LogP contribution in [0.5, 0.6) is 0 Å². The summed E-state index contributed by atoms with van der Waals surface area (Å²) in [7, 11) is 0. The van der Waals surface area contributed by atoms with Crippen molar-refractivity contribution in [3.63, 3.8) is 0 Å². The lowest BCUT2D eigenvalue weighted by atomic mass is 10.00. The molecule has 0 bridgehead atoms. The first-order valence-corrected chi connectivity index (χ1v) is 8.54. The van der Waals surface area contributed by atoms with Gasteiger partial charge in [-0.3, -0.25) is 4.79 Å². The number of halogens is 1. The third-order valence-electron chi connectivity index (χ3n) is 4.66. The summed E-state index contributed by atoms with van der Waals surface area (Å²) in [4.78, 5) is 14.1. The van der Waals surface area contributed by atoms with Crippen molar-refractivity contribution < 1.29 is 14.3 Å². The smallest absolute Gasteiger partial charge is 0.223 e. The van der Waals surface area contributed by atoms with E-state index in [1.807, 2.05) is 13.8 Å². The molecule has 1 saturated heterocycles. The van der Waals surface area contributed by atoms with E-state index in [0.29, 0.717) is 31.5 Å². The van der Waals surface area contributed by atoms with Crippen LogP contribution in [-0.2, 0) is 16.8 Å².